The van der Waals surface area contributed by atoms with Gasteiger partial charge in [-0.15, -0.1) is 0 Å². The molecule has 0 aromatic heterocycles. The van der Waals surface area contributed by atoms with E-state index in [1.807, 2.05) is 6.20 Å². The Labute approximate surface area is 105 Å². The molecular formula is C12H15N3O3. The van der Waals surface area contributed by atoms with Crippen LogP contribution in [0.15, 0.2) is 47.7 Å². The summed E-state index contributed by atoms with van der Waals surface area (Å²) >= 11 is 0. The van der Waals surface area contributed by atoms with Crippen molar-refractivity contribution in [1.29, 1.82) is 0 Å². The first-order valence-electron chi connectivity index (χ1n) is 5.52. The van der Waals surface area contributed by atoms with Crippen LogP contribution in [0.25, 0.3) is 0 Å². The molecule has 0 bridgehead atoms. The van der Waals surface area contributed by atoms with E-state index in [1.165, 1.54) is 16.3 Å². The van der Waals surface area contributed by atoms with Crippen LogP contribution in [0.2, 0.25) is 0 Å². The zero-order chi connectivity index (χ0) is 13.4. The highest BCUT2D eigenvalue weighted by molar-refractivity contribution is 5.75. The Morgan fingerprint density at radius 1 is 1.22 bits per heavy atom. The van der Waals surface area contributed by atoms with Crippen LogP contribution in [0, 0.1) is 15.3 Å². The van der Waals surface area contributed by atoms with Crippen molar-refractivity contribution in [2.24, 2.45) is 4.99 Å². The maximum absolute atomic E-state index is 8.25. The highest BCUT2D eigenvalue weighted by atomic mass is 16.9. The van der Waals surface area contributed by atoms with E-state index >= 15 is 0 Å². The van der Waals surface area contributed by atoms with Gasteiger partial charge in [-0.1, -0.05) is 30.3 Å². The molecule has 96 valence electrons. The Hall–Kier alpha value is -2.21. The Kier molecular flexibility index (Phi) is 5.53. The van der Waals surface area contributed by atoms with Gasteiger partial charge in [-0.2, -0.15) is 0 Å². The molecule has 6 nitrogen and oxygen atoms in total. The molecule has 0 fully saturated rings. The first-order valence-corrected chi connectivity index (χ1v) is 5.52. The van der Waals surface area contributed by atoms with E-state index in [0.29, 0.717) is 0 Å². The molecule has 0 aliphatic carbocycles. The van der Waals surface area contributed by atoms with Crippen LogP contribution >= 0.6 is 0 Å². The summed E-state index contributed by atoms with van der Waals surface area (Å²) in [6.45, 7) is 0. The van der Waals surface area contributed by atoms with Gasteiger partial charge in [0.25, 0.3) is 0 Å². The van der Waals surface area contributed by atoms with Crippen molar-refractivity contribution in [1.82, 2.24) is 0 Å². The number of amidine groups is 1. The lowest BCUT2D eigenvalue weighted by Crippen LogP contribution is -3.06. The van der Waals surface area contributed by atoms with Crippen LogP contribution in [0.1, 0.15) is 12.0 Å². The molecule has 1 aromatic carbocycles. The minimum absolute atomic E-state index is 1.04. The van der Waals surface area contributed by atoms with Gasteiger partial charge in [-0.25, -0.2) is 4.99 Å². The maximum Gasteiger partial charge on any atom is 0.206 e. The highest BCUT2D eigenvalue weighted by Crippen LogP contribution is 2.02. The minimum atomic E-state index is -1.75. The van der Waals surface area contributed by atoms with E-state index in [4.69, 9.17) is 15.3 Å². The van der Waals surface area contributed by atoms with Crippen molar-refractivity contribution in [2.45, 2.75) is 12.8 Å². The standard InChI is InChI=1S/C12H14N2.NO3/c1-14-10-9-13-12(14)8-7-11-5-3-2-4-6-11;2-1(3)4/h2-6,9-10H,7-8H2,1H3;/q;-1/p+1. The van der Waals surface area contributed by atoms with E-state index in [1.54, 1.807) is 0 Å². The van der Waals surface area contributed by atoms with Gasteiger partial charge in [0.15, 0.2) is 0 Å². The number of aryl methyl sites for hydroxylation is 1. The predicted molar refractivity (Wildman–Crippen MR) is 68.6 cm³/mol. The van der Waals surface area contributed by atoms with Gasteiger partial charge in [-0.05, 0) is 12.0 Å². The van der Waals surface area contributed by atoms with Crippen molar-refractivity contribution in [3.05, 3.63) is 63.6 Å². The fraction of sp³-hybridized carbons (Fsp3) is 0.250. The van der Waals surface area contributed by atoms with E-state index in [-0.39, 0.29) is 0 Å². The number of hydrogen-bond donors (Lipinski definition) is 1. The molecule has 1 atom stereocenters. The molecule has 18 heavy (non-hydrogen) atoms. The summed E-state index contributed by atoms with van der Waals surface area (Å²) in [5, 5.41) is 14.8. The van der Waals surface area contributed by atoms with Gasteiger partial charge >= 0.3 is 0 Å². The fourth-order valence-corrected chi connectivity index (χ4v) is 1.61. The number of nitrogens with one attached hydrogen (secondary N) is 1. The van der Waals surface area contributed by atoms with Crippen molar-refractivity contribution < 1.29 is 9.99 Å². The fourth-order valence-electron chi connectivity index (χ4n) is 1.61. The third-order valence-corrected chi connectivity index (χ3v) is 2.50. The number of benzene rings is 1. The predicted octanol–water partition coefficient (Wildman–Crippen LogP) is 0.778. The average molecular weight is 249 g/mol. The molecule has 2 rings (SSSR count). The average Bonchev–Trinajstić information content (AvgIpc) is 2.73. The molecule has 1 aliphatic heterocycles. The van der Waals surface area contributed by atoms with Crippen LogP contribution in [0.5, 0.6) is 0 Å². The monoisotopic (exact) mass is 249 g/mol. The third kappa shape index (κ3) is 5.22. The molecule has 6 heteroatoms. The van der Waals surface area contributed by atoms with Gasteiger partial charge in [0.2, 0.25) is 5.84 Å². The number of aliphatic imine (C=N–C) groups is 1. The molecule has 1 aliphatic rings. The lowest BCUT2D eigenvalue weighted by atomic mass is 10.1. The Morgan fingerprint density at radius 2 is 1.83 bits per heavy atom. The topological polar surface area (TPSA) is 83.0 Å². The SMILES string of the molecule is C[NH+]1C=CN=C1CCc1ccccc1.O=[N+]([O-])[O-]. The third-order valence-electron chi connectivity index (χ3n) is 2.50. The largest absolute Gasteiger partial charge is 0.356 e. The van der Waals surface area contributed by atoms with E-state index in [2.05, 4.69) is 48.6 Å². The summed E-state index contributed by atoms with van der Waals surface area (Å²) in [5.74, 6) is 1.23. The molecule has 1 unspecified atom stereocenters. The second-order valence-corrected chi connectivity index (χ2v) is 3.78. The van der Waals surface area contributed by atoms with Crippen LogP contribution in [-0.4, -0.2) is 18.0 Å². The first-order chi connectivity index (χ1) is 8.59. The van der Waals surface area contributed by atoms with Gasteiger partial charge < -0.3 is 15.3 Å². The quantitative estimate of drug-likeness (QED) is 0.634. The Bertz CT molecular complexity index is 439. The van der Waals surface area contributed by atoms with Crippen molar-refractivity contribution in [2.75, 3.05) is 7.05 Å². The molecule has 0 spiro atoms. The molecule has 1 heterocycles. The van der Waals surface area contributed by atoms with E-state index < -0.39 is 5.09 Å². The highest BCUT2D eigenvalue weighted by Gasteiger charge is 2.12. The summed E-state index contributed by atoms with van der Waals surface area (Å²) in [6, 6.07) is 10.5. The summed E-state index contributed by atoms with van der Waals surface area (Å²) in [4.78, 5) is 13.9. The second kappa shape index (κ2) is 7.18. The van der Waals surface area contributed by atoms with Crippen LogP contribution in [0.3, 0.4) is 0 Å². The molecule has 0 amide bonds. The Balaban J connectivity index is 0.000000357. The van der Waals surface area contributed by atoms with E-state index in [9.17, 15) is 0 Å². The van der Waals surface area contributed by atoms with Crippen molar-refractivity contribution >= 4 is 5.84 Å². The van der Waals surface area contributed by atoms with Gasteiger partial charge in [0.05, 0.1) is 18.3 Å². The zero-order valence-electron chi connectivity index (χ0n) is 10.1. The first kappa shape index (κ1) is 13.9. The lowest BCUT2D eigenvalue weighted by Gasteiger charge is -2.05. The van der Waals surface area contributed by atoms with Crippen molar-refractivity contribution in [3.8, 4) is 0 Å². The number of hydrogen-bond acceptors (Lipinski definition) is 4. The number of quaternary nitrogens is 1. The van der Waals surface area contributed by atoms with Gasteiger partial charge in [0, 0.05) is 6.42 Å². The minimum Gasteiger partial charge on any atom is -0.356 e. The molecule has 0 radical (unpaired) electrons. The molecule has 0 saturated heterocycles. The second-order valence-electron chi connectivity index (χ2n) is 3.78. The maximum atomic E-state index is 8.25. The van der Waals surface area contributed by atoms with Crippen LogP contribution < -0.4 is 4.90 Å². The van der Waals surface area contributed by atoms with E-state index in [0.717, 1.165) is 12.8 Å². The zero-order valence-corrected chi connectivity index (χ0v) is 10.1. The van der Waals surface area contributed by atoms with Crippen LogP contribution in [-0.2, 0) is 6.42 Å². The van der Waals surface area contributed by atoms with Gasteiger partial charge in [-0.3, -0.25) is 4.90 Å². The molecule has 1 aromatic rings. The lowest BCUT2D eigenvalue weighted by molar-refractivity contribution is -0.719. The van der Waals surface area contributed by atoms with Gasteiger partial charge in [0.1, 0.15) is 6.20 Å². The smallest absolute Gasteiger partial charge is 0.206 e. The van der Waals surface area contributed by atoms with Crippen LogP contribution in [0.4, 0.5) is 0 Å². The Morgan fingerprint density at radius 3 is 2.33 bits per heavy atom. The summed E-state index contributed by atoms with van der Waals surface area (Å²) < 4.78 is 0. The molecule has 1 N–H and O–H groups in total. The summed E-state index contributed by atoms with van der Waals surface area (Å²) in [5.41, 5.74) is 1.38. The normalized spacial score (nSPS) is 16.7. The van der Waals surface area contributed by atoms with Crippen molar-refractivity contribution in [3.63, 3.8) is 0 Å². The number of rotatable bonds is 3. The summed E-state index contributed by atoms with van der Waals surface area (Å²) in [6.07, 6.45) is 6.08. The summed E-state index contributed by atoms with van der Waals surface area (Å²) in [7, 11) is 2.12. The molecule has 0 saturated carbocycles. The molecular weight excluding hydrogens is 234 g/mol. The number of nitrogens with zero attached hydrogens (tertiary/aromatic N) is 2.